The third kappa shape index (κ3) is 2.45. The molecule has 4 unspecified atom stereocenters. The predicted molar refractivity (Wildman–Crippen MR) is 75.6 cm³/mol. The van der Waals surface area contributed by atoms with E-state index in [1.807, 2.05) is 0 Å². The van der Waals surface area contributed by atoms with Crippen LogP contribution in [0.2, 0.25) is 0 Å². The minimum atomic E-state index is 0.250. The van der Waals surface area contributed by atoms with E-state index in [0.29, 0.717) is 0 Å². The molecule has 18 heavy (non-hydrogen) atoms. The smallest absolute Gasteiger partial charge is 0.0333 e. The molecule has 3 fully saturated rings. The van der Waals surface area contributed by atoms with E-state index in [9.17, 15) is 0 Å². The fraction of sp³-hybridized carbons (Fsp3) is 1.00. The molecule has 2 aliphatic heterocycles. The fourth-order valence-corrected chi connectivity index (χ4v) is 4.48. The van der Waals surface area contributed by atoms with Gasteiger partial charge in [0, 0.05) is 30.7 Å². The minimum Gasteiger partial charge on any atom is -0.329 e. The molecule has 0 radical (unpaired) electrons. The molecular weight excluding hydrogens is 222 g/mol. The molecule has 3 heteroatoms. The summed E-state index contributed by atoms with van der Waals surface area (Å²) < 4.78 is 0. The summed E-state index contributed by atoms with van der Waals surface area (Å²) in [6.07, 6.45) is 9.44. The molecule has 0 spiro atoms. The zero-order chi connectivity index (χ0) is 12.6. The summed E-state index contributed by atoms with van der Waals surface area (Å²) in [7, 11) is 0. The van der Waals surface area contributed by atoms with Crippen LogP contribution in [0, 0.1) is 5.92 Å². The Labute approximate surface area is 111 Å². The zero-order valence-corrected chi connectivity index (χ0v) is 11.8. The maximum atomic E-state index is 6.15. The van der Waals surface area contributed by atoms with E-state index >= 15 is 0 Å². The summed E-state index contributed by atoms with van der Waals surface area (Å²) in [5, 5.41) is 3.97. The summed E-state index contributed by atoms with van der Waals surface area (Å²) in [6, 6.07) is 1.55. The van der Waals surface area contributed by atoms with Crippen LogP contribution in [0.25, 0.3) is 0 Å². The van der Waals surface area contributed by atoms with E-state index in [2.05, 4.69) is 17.1 Å². The Morgan fingerprint density at radius 2 is 2.17 bits per heavy atom. The molecule has 0 aromatic carbocycles. The SMILES string of the molecule is CC1CCC(NC2(CN)CCN3CCCC3C2)C1. The third-order valence-electron chi connectivity index (χ3n) is 5.60. The number of nitrogens with two attached hydrogens (primary N) is 1. The van der Waals surface area contributed by atoms with Gasteiger partial charge in [0.2, 0.25) is 0 Å². The lowest BCUT2D eigenvalue weighted by Gasteiger charge is -2.45. The monoisotopic (exact) mass is 251 g/mol. The van der Waals surface area contributed by atoms with E-state index in [-0.39, 0.29) is 5.54 Å². The van der Waals surface area contributed by atoms with Crippen molar-refractivity contribution < 1.29 is 0 Å². The van der Waals surface area contributed by atoms with E-state index in [4.69, 9.17) is 5.73 Å². The lowest BCUT2D eigenvalue weighted by molar-refractivity contribution is 0.102. The van der Waals surface area contributed by atoms with Gasteiger partial charge in [0.25, 0.3) is 0 Å². The molecule has 104 valence electrons. The molecule has 2 saturated heterocycles. The Kier molecular flexibility index (Phi) is 3.65. The lowest BCUT2D eigenvalue weighted by atomic mass is 9.82. The maximum absolute atomic E-state index is 6.15. The molecule has 4 atom stereocenters. The van der Waals surface area contributed by atoms with Gasteiger partial charge in [0.15, 0.2) is 0 Å². The highest BCUT2D eigenvalue weighted by molar-refractivity contribution is 5.02. The van der Waals surface area contributed by atoms with Crippen LogP contribution >= 0.6 is 0 Å². The van der Waals surface area contributed by atoms with Crippen LogP contribution in [0.1, 0.15) is 51.9 Å². The largest absolute Gasteiger partial charge is 0.329 e. The van der Waals surface area contributed by atoms with E-state index in [1.165, 1.54) is 58.0 Å². The van der Waals surface area contributed by atoms with Crippen molar-refractivity contribution in [2.75, 3.05) is 19.6 Å². The van der Waals surface area contributed by atoms with Gasteiger partial charge in [0.05, 0.1) is 0 Å². The van der Waals surface area contributed by atoms with Crippen LogP contribution in [0.15, 0.2) is 0 Å². The standard InChI is InChI=1S/C15H29N3/c1-12-4-5-13(9-12)17-15(11-16)6-8-18-7-2-3-14(18)10-15/h12-14,17H,2-11,16H2,1H3. The molecule has 1 saturated carbocycles. The van der Waals surface area contributed by atoms with Gasteiger partial charge in [-0.1, -0.05) is 6.92 Å². The van der Waals surface area contributed by atoms with Crippen molar-refractivity contribution in [1.82, 2.24) is 10.2 Å². The van der Waals surface area contributed by atoms with Gasteiger partial charge >= 0.3 is 0 Å². The first-order valence-corrected chi connectivity index (χ1v) is 7.93. The summed E-state index contributed by atoms with van der Waals surface area (Å²) in [6.45, 7) is 5.79. The Balaban J connectivity index is 1.63. The second-order valence-electron chi connectivity index (χ2n) is 7.03. The lowest BCUT2D eigenvalue weighted by Crippen LogP contribution is -2.61. The second-order valence-corrected chi connectivity index (χ2v) is 7.03. The number of nitrogens with one attached hydrogen (secondary N) is 1. The van der Waals surface area contributed by atoms with Crippen LogP contribution in [0.5, 0.6) is 0 Å². The highest BCUT2D eigenvalue weighted by atomic mass is 15.2. The third-order valence-corrected chi connectivity index (χ3v) is 5.60. The Hall–Kier alpha value is -0.120. The quantitative estimate of drug-likeness (QED) is 0.802. The van der Waals surface area contributed by atoms with Crippen molar-refractivity contribution in [2.45, 2.75) is 69.5 Å². The molecule has 0 aromatic heterocycles. The van der Waals surface area contributed by atoms with Crippen molar-refractivity contribution in [3.63, 3.8) is 0 Å². The molecule has 3 aliphatic rings. The van der Waals surface area contributed by atoms with Crippen LogP contribution in [0.4, 0.5) is 0 Å². The average Bonchev–Trinajstić information content (AvgIpc) is 2.97. The molecule has 3 N–H and O–H groups in total. The van der Waals surface area contributed by atoms with Crippen LogP contribution in [-0.2, 0) is 0 Å². The molecule has 0 amide bonds. The number of rotatable bonds is 3. The fourth-order valence-electron chi connectivity index (χ4n) is 4.48. The van der Waals surface area contributed by atoms with E-state index in [1.54, 1.807) is 0 Å². The zero-order valence-electron chi connectivity index (χ0n) is 11.8. The molecule has 2 heterocycles. The number of hydrogen-bond donors (Lipinski definition) is 2. The summed E-state index contributed by atoms with van der Waals surface area (Å²) in [5.41, 5.74) is 6.40. The highest BCUT2D eigenvalue weighted by Gasteiger charge is 2.42. The van der Waals surface area contributed by atoms with Crippen LogP contribution in [0.3, 0.4) is 0 Å². The molecular formula is C15H29N3. The number of nitrogens with zero attached hydrogens (tertiary/aromatic N) is 1. The van der Waals surface area contributed by atoms with Gasteiger partial charge < -0.3 is 16.0 Å². The van der Waals surface area contributed by atoms with Crippen LogP contribution in [-0.4, -0.2) is 42.2 Å². The first-order valence-electron chi connectivity index (χ1n) is 7.93. The summed E-state index contributed by atoms with van der Waals surface area (Å²) in [5.74, 6) is 0.906. The molecule has 1 aliphatic carbocycles. The van der Waals surface area contributed by atoms with Gasteiger partial charge in [-0.15, -0.1) is 0 Å². The van der Waals surface area contributed by atoms with Gasteiger partial charge in [-0.2, -0.15) is 0 Å². The topological polar surface area (TPSA) is 41.3 Å². The van der Waals surface area contributed by atoms with E-state index < -0.39 is 0 Å². The van der Waals surface area contributed by atoms with Gasteiger partial charge in [-0.25, -0.2) is 0 Å². The van der Waals surface area contributed by atoms with Gasteiger partial charge in [0.1, 0.15) is 0 Å². The summed E-state index contributed by atoms with van der Waals surface area (Å²) in [4.78, 5) is 2.69. The summed E-state index contributed by atoms with van der Waals surface area (Å²) >= 11 is 0. The normalized spacial score (nSPS) is 45.3. The minimum absolute atomic E-state index is 0.250. The predicted octanol–water partition coefficient (Wildman–Crippen LogP) is 1.72. The number of fused-ring (bicyclic) bond motifs is 1. The Morgan fingerprint density at radius 1 is 1.28 bits per heavy atom. The molecule has 0 aromatic rings. The second kappa shape index (κ2) is 5.10. The molecule has 3 nitrogen and oxygen atoms in total. The van der Waals surface area contributed by atoms with Crippen LogP contribution < -0.4 is 11.1 Å². The molecule has 3 rings (SSSR count). The van der Waals surface area contributed by atoms with Crippen molar-refractivity contribution in [3.8, 4) is 0 Å². The Morgan fingerprint density at radius 3 is 2.89 bits per heavy atom. The van der Waals surface area contributed by atoms with E-state index in [0.717, 1.165) is 24.5 Å². The highest BCUT2D eigenvalue weighted by Crippen LogP contribution is 2.35. The van der Waals surface area contributed by atoms with Crippen molar-refractivity contribution in [3.05, 3.63) is 0 Å². The Bertz CT molecular complexity index is 293. The van der Waals surface area contributed by atoms with Crippen molar-refractivity contribution >= 4 is 0 Å². The molecule has 0 bridgehead atoms. The first-order chi connectivity index (χ1) is 8.71. The average molecular weight is 251 g/mol. The van der Waals surface area contributed by atoms with Crippen molar-refractivity contribution in [2.24, 2.45) is 11.7 Å². The maximum Gasteiger partial charge on any atom is 0.0333 e. The number of piperidine rings is 1. The number of hydrogen-bond acceptors (Lipinski definition) is 3. The van der Waals surface area contributed by atoms with Crippen molar-refractivity contribution in [1.29, 1.82) is 0 Å². The van der Waals surface area contributed by atoms with Gasteiger partial charge in [-0.3, -0.25) is 0 Å². The first kappa shape index (κ1) is 12.9. The van der Waals surface area contributed by atoms with Gasteiger partial charge in [-0.05, 0) is 57.4 Å².